The van der Waals surface area contributed by atoms with Crippen molar-refractivity contribution in [2.75, 3.05) is 26.3 Å². The topological polar surface area (TPSA) is 95.5 Å². The first-order chi connectivity index (χ1) is 13.3. The van der Waals surface area contributed by atoms with E-state index in [4.69, 9.17) is 14.0 Å². The van der Waals surface area contributed by atoms with Crippen LogP contribution < -0.4 is 4.74 Å². The number of rotatable bonds is 6. The second-order valence-corrected chi connectivity index (χ2v) is 6.06. The molecular formula is C18H19N5O4. The van der Waals surface area contributed by atoms with Crippen LogP contribution in [0.2, 0.25) is 0 Å². The van der Waals surface area contributed by atoms with E-state index in [1.54, 1.807) is 23.4 Å². The Morgan fingerprint density at radius 1 is 1.19 bits per heavy atom. The predicted molar refractivity (Wildman–Crippen MR) is 93.7 cm³/mol. The summed E-state index contributed by atoms with van der Waals surface area (Å²) in [5.41, 5.74) is 1.45. The Morgan fingerprint density at radius 3 is 2.85 bits per heavy atom. The van der Waals surface area contributed by atoms with E-state index in [9.17, 15) is 4.79 Å². The Bertz CT molecular complexity index is 887. The van der Waals surface area contributed by atoms with Gasteiger partial charge in [0.2, 0.25) is 5.91 Å². The van der Waals surface area contributed by atoms with Crippen LogP contribution in [0.5, 0.6) is 5.75 Å². The first-order valence-corrected chi connectivity index (χ1v) is 8.67. The molecule has 0 N–H and O–H groups in total. The monoisotopic (exact) mass is 369 g/mol. The fraction of sp³-hybridized carbons (Fsp3) is 0.333. The molecule has 9 nitrogen and oxygen atoms in total. The van der Waals surface area contributed by atoms with Gasteiger partial charge >= 0.3 is 0 Å². The van der Waals surface area contributed by atoms with Gasteiger partial charge < -0.3 is 18.9 Å². The number of nitrogens with zero attached hydrogens (tertiary/aromatic N) is 5. The number of hydrogen-bond acceptors (Lipinski definition) is 7. The third-order valence-electron chi connectivity index (χ3n) is 4.21. The van der Waals surface area contributed by atoms with E-state index in [-0.39, 0.29) is 19.1 Å². The molecule has 3 aromatic rings. The van der Waals surface area contributed by atoms with E-state index in [0.717, 1.165) is 5.56 Å². The van der Waals surface area contributed by atoms with Crippen LogP contribution in [-0.4, -0.2) is 57.3 Å². The fourth-order valence-corrected chi connectivity index (χ4v) is 2.84. The largest absolute Gasteiger partial charge is 0.486 e. The van der Waals surface area contributed by atoms with Gasteiger partial charge in [-0.1, -0.05) is 22.5 Å². The van der Waals surface area contributed by atoms with Crippen LogP contribution in [0.4, 0.5) is 0 Å². The molecule has 0 bridgehead atoms. The number of carbonyl (C=O) groups is 1. The summed E-state index contributed by atoms with van der Waals surface area (Å²) in [6.07, 6.45) is 3.30. The molecule has 2 aromatic heterocycles. The molecule has 0 aliphatic carbocycles. The van der Waals surface area contributed by atoms with E-state index >= 15 is 0 Å². The maximum absolute atomic E-state index is 12.3. The van der Waals surface area contributed by atoms with E-state index in [1.807, 2.05) is 24.3 Å². The molecule has 0 atom stereocenters. The van der Waals surface area contributed by atoms with E-state index < -0.39 is 0 Å². The van der Waals surface area contributed by atoms with Crippen molar-refractivity contribution >= 4 is 5.91 Å². The normalized spacial score (nSPS) is 14.3. The lowest BCUT2D eigenvalue weighted by molar-refractivity contribution is -0.136. The van der Waals surface area contributed by atoms with Gasteiger partial charge in [-0.15, -0.1) is 5.10 Å². The Balaban J connectivity index is 1.37. The van der Waals surface area contributed by atoms with Crippen molar-refractivity contribution in [2.45, 2.75) is 13.2 Å². The highest BCUT2D eigenvalue weighted by Crippen LogP contribution is 2.29. The van der Waals surface area contributed by atoms with Crippen molar-refractivity contribution in [2.24, 2.45) is 0 Å². The molecule has 0 radical (unpaired) electrons. The van der Waals surface area contributed by atoms with Crippen molar-refractivity contribution in [1.29, 1.82) is 0 Å². The molecule has 1 saturated heterocycles. The quantitative estimate of drug-likeness (QED) is 0.647. The van der Waals surface area contributed by atoms with Gasteiger partial charge in [0.1, 0.15) is 24.6 Å². The average molecular weight is 369 g/mol. The van der Waals surface area contributed by atoms with Gasteiger partial charge in [0.25, 0.3) is 0 Å². The standard InChI is InChI=1S/C18H19N5O4/c24-18(22-7-9-25-10-8-22)12-23-11-14(20-21-23)13-26-16-4-2-1-3-15(16)17-5-6-19-27-17/h1-6,11H,7-10,12-13H2. The smallest absolute Gasteiger partial charge is 0.244 e. The molecule has 1 fully saturated rings. The van der Waals surface area contributed by atoms with Crippen molar-refractivity contribution < 1.29 is 18.8 Å². The van der Waals surface area contributed by atoms with Crippen LogP contribution >= 0.6 is 0 Å². The Hall–Kier alpha value is -3.20. The molecule has 9 heteroatoms. The number of amides is 1. The van der Waals surface area contributed by atoms with Crippen LogP contribution in [0.3, 0.4) is 0 Å². The van der Waals surface area contributed by atoms with Crippen LogP contribution in [0.25, 0.3) is 11.3 Å². The van der Waals surface area contributed by atoms with E-state index in [0.29, 0.717) is 43.5 Å². The number of morpholine rings is 1. The minimum atomic E-state index is 0.00586. The van der Waals surface area contributed by atoms with Crippen molar-refractivity contribution in [3.63, 3.8) is 0 Å². The summed E-state index contributed by atoms with van der Waals surface area (Å²) in [5, 5.41) is 11.8. The Labute approximate surface area is 155 Å². The number of aromatic nitrogens is 4. The van der Waals surface area contributed by atoms with E-state index in [1.165, 1.54) is 4.68 Å². The highest BCUT2D eigenvalue weighted by Gasteiger charge is 2.18. The number of carbonyl (C=O) groups excluding carboxylic acids is 1. The molecule has 1 aliphatic rings. The molecule has 4 rings (SSSR count). The summed E-state index contributed by atoms with van der Waals surface area (Å²) < 4.78 is 17.9. The van der Waals surface area contributed by atoms with Gasteiger partial charge in [-0.05, 0) is 12.1 Å². The van der Waals surface area contributed by atoms with Gasteiger partial charge in [0, 0.05) is 19.2 Å². The first-order valence-electron chi connectivity index (χ1n) is 8.67. The number of para-hydroxylation sites is 1. The summed E-state index contributed by atoms with van der Waals surface area (Å²) in [4.78, 5) is 14.0. The zero-order valence-corrected chi connectivity index (χ0v) is 14.7. The molecule has 1 aromatic carbocycles. The zero-order valence-electron chi connectivity index (χ0n) is 14.7. The SMILES string of the molecule is O=C(Cn1cc(COc2ccccc2-c2ccno2)nn1)N1CCOCC1. The van der Waals surface area contributed by atoms with Crippen molar-refractivity contribution in [3.05, 3.63) is 48.4 Å². The summed E-state index contributed by atoms with van der Waals surface area (Å²) in [6.45, 7) is 2.77. The summed E-state index contributed by atoms with van der Waals surface area (Å²) >= 11 is 0. The Kier molecular flexibility index (Phi) is 5.10. The molecule has 0 spiro atoms. The predicted octanol–water partition coefficient (Wildman–Crippen LogP) is 1.37. The van der Waals surface area contributed by atoms with Crippen molar-refractivity contribution in [1.82, 2.24) is 25.1 Å². The summed E-state index contributed by atoms with van der Waals surface area (Å²) in [6, 6.07) is 9.30. The first kappa shape index (κ1) is 17.2. The molecule has 1 aliphatic heterocycles. The minimum Gasteiger partial charge on any atom is -0.486 e. The lowest BCUT2D eigenvalue weighted by atomic mass is 10.1. The van der Waals surface area contributed by atoms with Crippen molar-refractivity contribution in [3.8, 4) is 17.1 Å². The van der Waals surface area contributed by atoms with Gasteiger partial charge in [0.15, 0.2) is 5.76 Å². The van der Waals surface area contributed by atoms with Crippen LogP contribution in [0.15, 0.2) is 47.2 Å². The van der Waals surface area contributed by atoms with Gasteiger partial charge in [-0.3, -0.25) is 4.79 Å². The van der Waals surface area contributed by atoms with Gasteiger partial charge in [0.05, 0.1) is 31.2 Å². The molecule has 1 amide bonds. The second kappa shape index (κ2) is 8.00. The van der Waals surface area contributed by atoms with Crippen LogP contribution in [0, 0.1) is 0 Å². The fourth-order valence-electron chi connectivity index (χ4n) is 2.84. The zero-order chi connectivity index (χ0) is 18.5. The third kappa shape index (κ3) is 4.14. The summed E-state index contributed by atoms with van der Waals surface area (Å²) in [5.74, 6) is 1.30. The van der Waals surface area contributed by atoms with Crippen LogP contribution in [-0.2, 0) is 22.7 Å². The number of ether oxygens (including phenoxy) is 2. The van der Waals surface area contributed by atoms with E-state index in [2.05, 4.69) is 15.5 Å². The van der Waals surface area contributed by atoms with Gasteiger partial charge in [-0.2, -0.15) is 0 Å². The minimum absolute atomic E-state index is 0.00586. The maximum atomic E-state index is 12.3. The maximum Gasteiger partial charge on any atom is 0.244 e. The molecule has 0 saturated carbocycles. The van der Waals surface area contributed by atoms with Gasteiger partial charge in [-0.25, -0.2) is 4.68 Å². The highest BCUT2D eigenvalue weighted by atomic mass is 16.5. The second-order valence-electron chi connectivity index (χ2n) is 6.06. The average Bonchev–Trinajstić information content (AvgIpc) is 3.39. The molecule has 0 unspecified atom stereocenters. The Morgan fingerprint density at radius 2 is 2.04 bits per heavy atom. The van der Waals surface area contributed by atoms with Crippen LogP contribution in [0.1, 0.15) is 5.69 Å². The highest BCUT2D eigenvalue weighted by molar-refractivity contribution is 5.76. The molecule has 27 heavy (non-hydrogen) atoms. The lowest BCUT2D eigenvalue weighted by Gasteiger charge is -2.26. The number of benzene rings is 1. The summed E-state index contributed by atoms with van der Waals surface area (Å²) in [7, 11) is 0. The number of hydrogen-bond donors (Lipinski definition) is 0. The molecular weight excluding hydrogens is 350 g/mol. The molecule has 140 valence electrons. The third-order valence-corrected chi connectivity index (χ3v) is 4.21. The lowest BCUT2D eigenvalue weighted by Crippen LogP contribution is -2.42. The molecule has 3 heterocycles.